The number of hydrogen-bond donors (Lipinski definition) is 2. The van der Waals surface area contributed by atoms with Gasteiger partial charge in [-0.05, 0) is 17.1 Å². The van der Waals surface area contributed by atoms with E-state index in [-0.39, 0.29) is 28.4 Å². The van der Waals surface area contributed by atoms with Crippen molar-refractivity contribution < 1.29 is 9.59 Å². The van der Waals surface area contributed by atoms with Crippen molar-refractivity contribution in [2.75, 3.05) is 0 Å². The van der Waals surface area contributed by atoms with Crippen LogP contribution in [0.15, 0.2) is 41.5 Å². The first-order valence-corrected chi connectivity index (χ1v) is 7.79. The van der Waals surface area contributed by atoms with Gasteiger partial charge in [-0.3, -0.25) is 19.0 Å². The van der Waals surface area contributed by atoms with Crippen molar-refractivity contribution in [2.24, 2.45) is 5.73 Å². The van der Waals surface area contributed by atoms with Crippen molar-refractivity contribution in [3.8, 4) is 0 Å². The maximum atomic E-state index is 12.3. The molecule has 2 amide bonds. The second-order valence-electron chi connectivity index (χ2n) is 5.01. The molecule has 0 saturated heterocycles. The predicted molar refractivity (Wildman–Crippen MR) is 88.5 cm³/mol. The molecule has 0 aliphatic carbocycles. The molecule has 3 rings (SSSR count). The number of fused-ring (bicyclic) bond motifs is 1. The molecular weight excluding hydrogens is 330 g/mol. The summed E-state index contributed by atoms with van der Waals surface area (Å²) in [6.07, 6.45) is 1.22. The predicted octanol–water partition coefficient (Wildman–Crippen LogP) is 0.268. The van der Waals surface area contributed by atoms with Gasteiger partial charge >= 0.3 is 0 Å². The van der Waals surface area contributed by atoms with E-state index >= 15 is 0 Å². The summed E-state index contributed by atoms with van der Waals surface area (Å²) in [4.78, 5) is 39.6. The minimum absolute atomic E-state index is 0.0345. The van der Waals surface area contributed by atoms with Gasteiger partial charge in [0.25, 0.3) is 11.5 Å². The number of nitrogens with one attached hydrogen (secondary N) is 1. The molecule has 0 unspecified atom stereocenters. The number of carbonyl (C=O) groups is 2. The lowest BCUT2D eigenvalue weighted by Gasteiger charge is -2.07. The molecule has 3 aromatic rings. The Labute approximate surface area is 140 Å². The van der Waals surface area contributed by atoms with E-state index in [9.17, 15) is 14.4 Å². The van der Waals surface area contributed by atoms with Gasteiger partial charge in [0.2, 0.25) is 5.91 Å². The molecule has 0 spiro atoms. The van der Waals surface area contributed by atoms with Crippen molar-refractivity contribution in [2.45, 2.75) is 13.1 Å². The van der Waals surface area contributed by atoms with Crippen LogP contribution in [0.4, 0.5) is 0 Å². The van der Waals surface area contributed by atoms with Crippen molar-refractivity contribution >= 4 is 33.6 Å². The molecule has 122 valence electrons. The molecule has 2 aromatic heterocycles. The van der Waals surface area contributed by atoms with Crippen LogP contribution in [0.2, 0.25) is 0 Å². The van der Waals surface area contributed by atoms with Crippen LogP contribution in [-0.2, 0) is 17.9 Å². The Hall–Kier alpha value is -3.07. The molecule has 0 fully saturated rings. The molecule has 0 saturated carbocycles. The van der Waals surface area contributed by atoms with Gasteiger partial charge in [-0.2, -0.15) is 4.37 Å². The van der Waals surface area contributed by atoms with Crippen LogP contribution >= 0.6 is 11.5 Å². The monoisotopic (exact) mass is 343 g/mol. The Morgan fingerprint density at radius 3 is 2.71 bits per heavy atom. The first kappa shape index (κ1) is 15.8. The molecule has 24 heavy (non-hydrogen) atoms. The summed E-state index contributed by atoms with van der Waals surface area (Å²) in [5.74, 6) is -1.06. The van der Waals surface area contributed by atoms with E-state index in [0.717, 1.165) is 17.1 Å². The zero-order valence-electron chi connectivity index (χ0n) is 12.4. The van der Waals surface area contributed by atoms with Gasteiger partial charge < -0.3 is 11.1 Å². The fraction of sp³-hybridized carbons (Fsp3) is 0.133. The molecule has 0 bridgehead atoms. The van der Waals surface area contributed by atoms with Crippen molar-refractivity contribution in [3.05, 3.63) is 58.3 Å². The molecule has 0 aliphatic rings. The van der Waals surface area contributed by atoms with Crippen LogP contribution in [0.5, 0.6) is 0 Å². The molecule has 8 nitrogen and oxygen atoms in total. The summed E-state index contributed by atoms with van der Waals surface area (Å²) >= 11 is 0.842. The van der Waals surface area contributed by atoms with Crippen LogP contribution < -0.4 is 16.6 Å². The summed E-state index contributed by atoms with van der Waals surface area (Å²) in [5.41, 5.74) is 5.84. The van der Waals surface area contributed by atoms with Crippen LogP contribution in [-0.4, -0.2) is 25.7 Å². The van der Waals surface area contributed by atoms with Gasteiger partial charge in [0, 0.05) is 6.54 Å². The van der Waals surface area contributed by atoms with Gasteiger partial charge in [0.15, 0.2) is 5.69 Å². The number of carbonyl (C=O) groups excluding carboxylic acids is 2. The standard InChI is InChI=1S/C15H13N5O3S/c16-14(22)12-11-13(24-19-12)15(23)20(8-18-11)7-10(21)17-6-9-4-2-1-3-5-9/h1-5,8H,6-7H2,(H2,16,22)(H,17,21). The number of nitrogens with two attached hydrogens (primary N) is 1. The first-order valence-electron chi connectivity index (χ1n) is 7.01. The topological polar surface area (TPSA) is 120 Å². The third-order valence-corrected chi connectivity index (χ3v) is 4.15. The summed E-state index contributed by atoms with van der Waals surface area (Å²) in [5, 5.41) is 2.73. The van der Waals surface area contributed by atoms with Crippen LogP contribution in [0.25, 0.3) is 10.2 Å². The molecular formula is C15H13N5O3S. The van der Waals surface area contributed by atoms with E-state index in [1.807, 2.05) is 30.3 Å². The SMILES string of the molecule is NC(=O)c1nsc2c(=O)n(CC(=O)NCc3ccccc3)cnc12. The van der Waals surface area contributed by atoms with Gasteiger partial charge in [-0.15, -0.1) is 0 Å². The summed E-state index contributed by atoms with van der Waals surface area (Å²) in [6.45, 7) is 0.203. The van der Waals surface area contributed by atoms with Crippen LogP contribution in [0.3, 0.4) is 0 Å². The summed E-state index contributed by atoms with van der Waals surface area (Å²) < 4.78 is 5.21. The summed E-state index contributed by atoms with van der Waals surface area (Å²) in [7, 11) is 0. The van der Waals surface area contributed by atoms with E-state index in [1.165, 1.54) is 10.9 Å². The number of benzene rings is 1. The number of aromatic nitrogens is 3. The normalized spacial score (nSPS) is 10.7. The van der Waals surface area contributed by atoms with Gasteiger partial charge in [0.05, 0.1) is 6.33 Å². The van der Waals surface area contributed by atoms with E-state index in [1.54, 1.807) is 0 Å². The number of hydrogen-bond acceptors (Lipinski definition) is 6. The van der Waals surface area contributed by atoms with Gasteiger partial charge in [-0.25, -0.2) is 4.98 Å². The second kappa shape index (κ2) is 6.59. The van der Waals surface area contributed by atoms with Gasteiger partial charge in [0.1, 0.15) is 16.8 Å². The molecule has 0 radical (unpaired) electrons. The number of amides is 2. The zero-order valence-corrected chi connectivity index (χ0v) is 13.2. The minimum Gasteiger partial charge on any atom is -0.364 e. The average Bonchev–Trinajstić information content (AvgIpc) is 3.01. The fourth-order valence-electron chi connectivity index (χ4n) is 2.14. The maximum Gasteiger partial charge on any atom is 0.273 e. The zero-order chi connectivity index (χ0) is 17.1. The highest BCUT2D eigenvalue weighted by molar-refractivity contribution is 7.13. The largest absolute Gasteiger partial charge is 0.364 e. The van der Waals surface area contributed by atoms with E-state index in [2.05, 4.69) is 14.7 Å². The Morgan fingerprint density at radius 1 is 1.25 bits per heavy atom. The average molecular weight is 343 g/mol. The molecule has 0 aliphatic heterocycles. The lowest BCUT2D eigenvalue weighted by molar-refractivity contribution is -0.121. The maximum absolute atomic E-state index is 12.3. The van der Waals surface area contributed by atoms with Crippen molar-refractivity contribution in [1.82, 2.24) is 19.2 Å². The molecule has 2 heterocycles. The lowest BCUT2D eigenvalue weighted by atomic mass is 10.2. The highest BCUT2D eigenvalue weighted by Gasteiger charge is 2.17. The molecule has 9 heteroatoms. The van der Waals surface area contributed by atoms with Crippen LogP contribution in [0, 0.1) is 0 Å². The minimum atomic E-state index is -0.744. The van der Waals surface area contributed by atoms with E-state index in [0.29, 0.717) is 6.54 Å². The molecule has 1 aromatic carbocycles. The van der Waals surface area contributed by atoms with Crippen molar-refractivity contribution in [1.29, 1.82) is 0 Å². The molecule has 0 atom stereocenters. The Bertz CT molecular complexity index is 964. The Morgan fingerprint density at radius 2 is 2.00 bits per heavy atom. The second-order valence-corrected chi connectivity index (χ2v) is 5.79. The quantitative estimate of drug-likeness (QED) is 0.689. The lowest BCUT2D eigenvalue weighted by Crippen LogP contribution is -2.32. The number of primary amides is 1. The molecule has 3 N–H and O–H groups in total. The van der Waals surface area contributed by atoms with Gasteiger partial charge in [-0.1, -0.05) is 30.3 Å². The third-order valence-electron chi connectivity index (χ3n) is 3.33. The van der Waals surface area contributed by atoms with Crippen LogP contribution in [0.1, 0.15) is 16.1 Å². The van der Waals surface area contributed by atoms with E-state index in [4.69, 9.17) is 5.73 Å². The Kier molecular flexibility index (Phi) is 4.34. The summed E-state index contributed by atoms with van der Waals surface area (Å²) in [6, 6.07) is 9.43. The van der Waals surface area contributed by atoms with Crippen molar-refractivity contribution in [3.63, 3.8) is 0 Å². The first-order chi connectivity index (χ1) is 11.6. The highest BCUT2D eigenvalue weighted by atomic mass is 32.1. The highest BCUT2D eigenvalue weighted by Crippen LogP contribution is 2.15. The fourth-order valence-corrected chi connectivity index (χ4v) is 2.93. The Balaban J connectivity index is 1.75. The number of nitrogens with zero attached hydrogens (tertiary/aromatic N) is 3. The number of rotatable bonds is 5. The third kappa shape index (κ3) is 3.15. The van der Waals surface area contributed by atoms with E-state index < -0.39 is 11.5 Å². The smallest absolute Gasteiger partial charge is 0.273 e.